The van der Waals surface area contributed by atoms with Crippen molar-refractivity contribution in [3.63, 3.8) is 0 Å². The second-order valence-corrected chi connectivity index (χ2v) is 9.62. The lowest BCUT2D eigenvalue weighted by molar-refractivity contribution is -0.127. The van der Waals surface area contributed by atoms with Crippen molar-refractivity contribution in [3.05, 3.63) is 93.5 Å². The number of anilines is 1. The number of methoxy groups -OCH3 is 1. The molecular weight excluding hydrogens is 505 g/mol. The summed E-state index contributed by atoms with van der Waals surface area (Å²) in [7, 11) is 1.50. The van der Waals surface area contributed by atoms with E-state index in [9.17, 15) is 19.2 Å². The molecule has 0 radical (unpaired) electrons. The van der Waals surface area contributed by atoms with E-state index in [0.29, 0.717) is 17.0 Å². The summed E-state index contributed by atoms with van der Waals surface area (Å²) in [5.41, 5.74) is -1.25. The third kappa shape index (κ3) is 2.85. The molecule has 0 unspecified atom stereocenters. The van der Waals surface area contributed by atoms with Gasteiger partial charge >= 0.3 is 0 Å². The molecule has 3 aromatic rings. The Kier molecular flexibility index (Phi) is 5.09. The predicted molar refractivity (Wildman–Crippen MR) is 131 cm³/mol. The third-order valence-corrected chi connectivity index (χ3v) is 7.97. The number of amides is 2. The number of benzene rings is 3. The van der Waals surface area contributed by atoms with Crippen LogP contribution in [0.2, 0.25) is 10.0 Å². The van der Waals surface area contributed by atoms with E-state index in [2.05, 4.69) is 0 Å². The summed E-state index contributed by atoms with van der Waals surface area (Å²) in [4.78, 5) is 56.3. The van der Waals surface area contributed by atoms with Gasteiger partial charge in [0.2, 0.25) is 29.0 Å². The fraction of sp³-hybridized carbons (Fsp3) is 0.185. The zero-order valence-electron chi connectivity index (χ0n) is 18.7. The van der Waals surface area contributed by atoms with E-state index in [1.807, 2.05) is 0 Å². The van der Waals surface area contributed by atoms with Crippen molar-refractivity contribution in [2.75, 3.05) is 12.0 Å². The van der Waals surface area contributed by atoms with Crippen LogP contribution >= 0.6 is 23.2 Å². The monoisotopic (exact) mass is 521 g/mol. The number of carbonyl (C=O) groups is 4. The highest BCUT2D eigenvalue weighted by Crippen LogP contribution is 2.58. The molecule has 0 saturated carbocycles. The Hall–Kier alpha value is -3.52. The number of Topliss-reactive ketones (excluding diaryl/α,β-unsaturated/α-hetero) is 2. The van der Waals surface area contributed by atoms with Crippen LogP contribution in [0, 0.1) is 11.8 Å². The molecule has 2 saturated heterocycles. The van der Waals surface area contributed by atoms with Crippen molar-refractivity contribution in [3.8, 4) is 5.75 Å². The number of fused-ring (bicyclic) bond motifs is 3. The summed E-state index contributed by atoms with van der Waals surface area (Å²) >= 11 is 12.7. The summed E-state index contributed by atoms with van der Waals surface area (Å²) in [6.45, 7) is 0. The van der Waals surface area contributed by atoms with Crippen LogP contribution in [-0.4, -0.2) is 36.1 Å². The number of imide groups is 1. The van der Waals surface area contributed by atoms with Crippen molar-refractivity contribution in [2.24, 2.45) is 11.8 Å². The van der Waals surface area contributed by atoms with Gasteiger partial charge in [-0.25, -0.2) is 4.90 Å². The standard InChI is InChI=1S/C27H17Cl2NO6/c1-35-14-11-9-13(10-12-14)30-25(33)19-20(26(30)34)27(23(31)15-5-2-3-6-16(15)24(27)32)36-22(19)17-7-4-8-18(28)21(17)29/h2-12,19-20,22H,1H3/t19-,20+,22-/m0/s1. The number of ether oxygens (including phenoxy) is 2. The molecule has 3 atom stereocenters. The van der Waals surface area contributed by atoms with Crippen molar-refractivity contribution in [1.29, 1.82) is 0 Å². The fourth-order valence-corrected chi connectivity index (χ4v) is 5.94. The maximum atomic E-state index is 13.9. The van der Waals surface area contributed by atoms with Gasteiger partial charge in [0.25, 0.3) is 0 Å². The number of halogens is 2. The topological polar surface area (TPSA) is 90.0 Å². The quantitative estimate of drug-likeness (QED) is 0.366. The summed E-state index contributed by atoms with van der Waals surface area (Å²) in [6, 6.07) is 17.5. The molecule has 3 aromatic carbocycles. The van der Waals surface area contributed by atoms with Gasteiger partial charge in [0.15, 0.2) is 0 Å². The summed E-state index contributed by atoms with van der Waals surface area (Å²) in [6.07, 6.45) is -1.15. The van der Waals surface area contributed by atoms with Crippen LogP contribution in [0.1, 0.15) is 32.4 Å². The van der Waals surface area contributed by atoms with Crippen LogP contribution in [0.5, 0.6) is 5.75 Å². The van der Waals surface area contributed by atoms with Gasteiger partial charge in [-0.15, -0.1) is 0 Å². The van der Waals surface area contributed by atoms with Gasteiger partial charge in [0, 0.05) is 16.7 Å². The van der Waals surface area contributed by atoms with E-state index in [4.69, 9.17) is 32.7 Å². The Morgan fingerprint density at radius 1 is 0.833 bits per heavy atom. The second-order valence-electron chi connectivity index (χ2n) is 8.83. The highest BCUT2D eigenvalue weighted by atomic mass is 35.5. The molecule has 0 N–H and O–H groups in total. The molecule has 180 valence electrons. The Morgan fingerprint density at radius 3 is 2.08 bits per heavy atom. The third-order valence-electron chi connectivity index (χ3n) is 7.14. The first-order chi connectivity index (χ1) is 17.3. The molecule has 2 fully saturated rings. The molecule has 36 heavy (non-hydrogen) atoms. The summed E-state index contributed by atoms with van der Waals surface area (Å²) < 4.78 is 11.4. The largest absolute Gasteiger partial charge is 0.497 e. The Morgan fingerprint density at radius 2 is 1.47 bits per heavy atom. The number of hydrogen-bond donors (Lipinski definition) is 0. The Labute approximate surface area is 215 Å². The number of nitrogens with zero attached hydrogens (tertiary/aromatic N) is 1. The summed E-state index contributed by atoms with van der Waals surface area (Å²) in [5, 5.41) is 0.338. The first-order valence-corrected chi connectivity index (χ1v) is 11.9. The molecule has 2 aliphatic heterocycles. The first kappa shape index (κ1) is 22.9. The van der Waals surface area contributed by atoms with E-state index in [0.717, 1.165) is 4.90 Å². The van der Waals surface area contributed by atoms with Gasteiger partial charge < -0.3 is 9.47 Å². The number of carbonyl (C=O) groups excluding carboxylic acids is 4. The van der Waals surface area contributed by atoms with Gasteiger partial charge in [-0.2, -0.15) is 0 Å². The van der Waals surface area contributed by atoms with Crippen molar-refractivity contribution < 1.29 is 28.7 Å². The van der Waals surface area contributed by atoms with Crippen LogP contribution < -0.4 is 9.64 Å². The van der Waals surface area contributed by atoms with Gasteiger partial charge in [-0.3, -0.25) is 19.2 Å². The molecule has 2 heterocycles. The molecule has 6 rings (SSSR count). The average Bonchev–Trinajstić information content (AvgIpc) is 3.46. The minimum Gasteiger partial charge on any atom is -0.497 e. The van der Waals surface area contributed by atoms with E-state index in [1.165, 1.54) is 19.2 Å². The molecule has 1 spiro atoms. The molecule has 9 heteroatoms. The lowest BCUT2D eigenvalue weighted by atomic mass is 9.77. The summed E-state index contributed by atoms with van der Waals surface area (Å²) in [5.74, 6) is -4.57. The second kappa shape index (κ2) is 8.00. The van der Waals surface area contributed by atoms with Gasteiger partial charge in [0.1, 0.15) is 5.75 Å². The van der Waals surface area contributed by atoms with Crippen LogP contribution in [0.15, 0.2) is 66.7 Å². The molecular formula is C27H17Cl2NO6. The predicted octanol–water partition coefficient (Wildman–Crippen LogP) is 4.70. The fourth-order valence-electron chi connectivity index (χ4n) is 5.53. The van der Waals surface area contributed by atoms with Gasteiger partial charge in [-0.1, -0.05) is 59.6 Å². The van der Waals surface area contributed by atoms with Crippen LogP contribution in [0.25, 0.3) is 0 Å². The van der Waals surface area contributed by atoms with Crippen LogP contribution in [-0.2, 0) is 14.3 Å². The Balaban J connectivity index is 1.55. The Bertz CT molecular complexity index is 1450. The zero-order valence-corrected chi connectivity index (χ0v) is 20.2. The molecule has 3 aliphatic rings. The van der Waals surface area contributed by atoms with Crippen LogP contribution in [0.4, 0.5) is 5.69 Å². The lowest BCUT2D eigenvalue weighted by Gasteiger charge is -2.27. The first-order valence-electron chi connectivity index (χ1n) is 11.1. The number of rotatable bonds is 3. The SMILES string of the molecule is COc1ccc(N2C(=O)[C@@H]3[C@H](c4cccc(Cl)c4Cl)OC4(C(=O)c5ccccc5C4=O)[C@H]3C2=O)cc1. The highest BCUT2D eigenvalue weighted by Gasteiger charge is 2.75. The van der Waals surface area contributed by atoms with E-state index in [-0.39, 0.29) is 21.2 Å². The minimum atomic E-state index is -2.18. The maximum absolute atomic E-state index is 13.9. The van der Waals surface area contributed by atoms with E-state index >= 15 is 0 Å². The van der Waals surface area contributed by atoms with Gasteiger partial charge in [-0.05, 0) is 30.3 Å². The molecule has 7 nitrogen and oxygen atoms in total. The van der Waals surface area contributed by atoms with Crippen molar-refractivity contribution in [2.45, 2.75) is 11.7 Å². The highest BCUT2D eigenvalue weighted by molar-refractivity contribution is 6.42. The maximum Gasteiger partial charge on any atom is 0.241 e. The normalized spacial score (nSPS) is 24.0. The average molecular weight is 522 g/mol. The zero-order chi connectivity index (χ0) is 25.4. The smallest absolute Gasteiger partial charge is 0.241 e. The lowest BCUT2D eigenvalue weighted by Crippen LogP contribution is -2.51. The molecule has 2 amide bonds. The molecule has 0 aromatic heterocycles. The van der Waals surface area contributed by atoms with Crippen LogP contribution in [0.3, 0.4) is 0 Å². The minimum absolute atomic E-state index is 0.124. The van der Waals surface area contributed by atoms with Crippen molar-refractivity contribution >= 4 is 52.3 Å². The van der Waals surface area contributed by atoms with E-state index < -0.39 is 46.9 Å². The number of ketones is 2. The number of hydrogen-bond acceptors (Lipinski definition) is 6. The molecule has 1 aliphatic carbocycles. The van der Waals surface area contributed by atoms with Gasteiger partial charge in [0.05, 0.1) is 40.8 Å². The molecule has 0 bridgehead atoms. The van der Waals surface area contributed by atoms with E-state index in [1.54, 1.807) is 54.6 Å². The van der Waals surface area contributed by atoms with Crippen molar-refractivity contribution in [1.82, 2.24) is 0 Å².